The summed E-state index contributed by atoms with van der Waals surface area (Å²) in [6.45, 7) is 0. The molecule has 1 N–H and O–H groups in total. The van der Waals surface area contributed by atoms with Gasteiger partial charge in [0, 0.05) is 4.43 Å². The first kappa shape index (κ1) is 8.35. The van der Waals surface area contributed by atoms with Crippen molar-refractivity contribution in [1.82, 2.24) is 0 Å². The van der Waals surface area contributed by atoms with Gasteiger partial charge < -0.3 is 5.11 Å². The normalized spacial score (nSPS) is 20.9. The minimum Gasteiger partial charge on any atom is -0.508 e. The molecule has 0 amide bonds. The topological polar surface area (TPSA) is 20.2 Å². The van der Waals surface area contributed by atoms with Crippen LogP contribution in [0.5, 0.6) is 5.75 Å². The summed E-state index contributed by atoms with van der Waals surface area (Å²) >= 11 is 2.42. The van der Waals surface area contributed by atoms with Crippen LogP contribution in [0.4, 0.5) is 0 Å². The molecule has 0 aromatic heterocycles. The average Bonchev–Trinajstić information content (AvgIpc) is 2.49. The van der Waals surface area contributed by atoms with Crippen LogP contribution in [0.1, 0.15) is 11.1 Å². The molecule has 0 heterocycles. The van der Waals surface area contributed by atoms with Gasteiger partial charge in [0.2, 0.25) is 0 Å². The van der Waals surface area contributed by atoms with Crippen LogP contribution in [0.25, 0.3) is 0 Å². The number of rotatable bonds is 1. The van der Waals surface area contributed by atoms with Crippen molar-refractivity contribution in [2.75, 3.05) is 4.43 Å². The Morgan fingerprint density at radius 1 is 1.42 bits per heavy atom. The lowest BCUT2D eigenvalue weighted by Gasteiger charge is -2.00. The maximum Gasteiger partial charge on any atom is 0.119 e. The zero-order valence-corrected chi connectivity index (χ0v) is 8.91. The molecule has 0 saturated carbocycles. The number of phenols is 1. The fraction of sp³-hybridized carbons (Fsp3) is 0.400. The molecule has 1 aromatic carbocycles. The Kier molecular flexibility index (Phi) is 2.26. The van der Waals surface area contributed by atoms with Gasteiger partial charge in [-0.1, -0.05) is 34.7 Å². The Balaban J connectivity index is 2.35. The molecule has 1 aliphatic carbocycles. The Morgan fingerprint density at radius 2 is 2.25 bits per heavy atom. The molecule has 1 aromatic rings. The highest BCUT2D eigenvalue weighted by Crippen LogP contribution is 2.33. The van der Waals surface area contributed by atoms with Crippen LogP contribution in [0, 0.1) is 5.92 Å². The summed E-state index contributed by atoms with van der Waals surface area (Å²) in [5, 5.41) is 9.54. The molecule has 0 radical (unpaired) electrons. The molecule has 2 heteroatoms. The van der Waals surface area contributed by atoms with Crippen LogP contribution < -0.4 is 0 Å². The second kappa shape index (κ2) is 3.24. The third kappa shape index (κ3) is 1.32. The summed E-state index contributed by atoms with van der Waals surface area (Å²) in [5.41, 5.74) is 2.52. The van der Waals surface area contributed by atoms with Crippen LogP contribution in [0.2, 0.25) is 0 Å². The van der Waals surface area contributed by atoms with E-state index in [1.165, 1.54) is 15.6 Å². The third-order valence-electron chi connectivity index (χ3n) is 2.47. The number of alkyl halides is 1. The van der Waals surface area contributed by atoms with E-state index in [4.69, 9.17) is 0 Å². The first-order chi connectivity index (χ1) is 5.81. The van der Waals surface area contributed by atoms with Crippen molar-refractivity contribution in [2.45, 2.75) is 12.8 Å². The van der Waals surface area contributed by atoms with Crippen molar-refractivity contribution in [3.8, 4) is 5.75 Å². The standard InChI is InChI=1S/C10H11IO/c11-6-7-4-8-2-1-3-10(12)9(8)5-7/h1-3,7,12H,4-6H2. The largest absolute Gasteiger partial charge is 0.508 e. The average molecular weight is 274 g/mol. The first-order valence-corrected chi connectivity index (χ1v) is 5.69. The van der Waals surface area contributed by atoms with E-state index >= 15 is 0 Å². The number of phenolic OH excluding ortho intramolecular Hbond substituents is 1. The quantitative estimate of drug-likeness (QED) is 0.616. The lowest BCUT2D eigenvalue weighted by molar-refractivity contribution is 0.467. The lowest BCUT2D eigenvalue weighted by atomic mass is 10.1. The maximum atomic E-state index is 9.54. The number of hydrogen-bond acceptors (Lipinski definition) is 1. The molecule has 0 bridgehead atoms. The van der Waals surface area contributed by atoms with Crippen molar-refractivity contribution >= 4 is 22.6 Å². The Labute approximate surface area is 85.9 Å². The van der Waals surface area contributed by atoms with E-state index in [2.05, 4.69) is 28.7 Å². The zero-order valence-electron chi connectivity index (χ0n) is 6.76. The zero-order chi connectivity index (χ0) is 8.55. The molecule has 0 fully saturated rings. The molecular weight excluding hydrogens is 263 g/mol. The smallest absolute Gasteiger partial charge is 0.119 e. The highest BCUT2D eigenvalue weighted by atomic mass is 127. The van der Waals surface area contributed by atoms with Crippen molar-refractivity contribution in [2.24, 2.45) is 5.92 Å². The Morgan fingerprint density at radius 3 is 2.92 bits per heavy atom. The fourth-order valence-corrected chi connectivity index (χ4v) is 2.45. The molecule has 0 aliphatic heterocycles. The molecule has 0 saturated heterocycles. The monoisotopic (exact) mass is 274 g/mol. The number of aromatic hydroxyl groups is 1. The van der Waals surface area contributed by atoms with E-state index in [0.717, 1.165) is 18.8 Å². The molecule has 12 heavy (non-hydrogen) atoms. The summed E-state index contributed by atoms with van der Waals surface area (Å²) in [4.78, 5) is 0. The van der Waals surface area contributed by atoms with Gasteiger partial charge in [-0.05, 0) is 36.0 Å². The highest BCUT2D eigenvalue weighted by Gasteiger charge is 2.22. The molecule has 2 rings (SSSR count). The van der Waals surface area contributed by atoms with Gasteiger partial charge in [0.05, 0.1) is 0 Å². The van der Waals surface area contributed by atoms with E-state index in [1.807, 2.05) is 6.07 Å². The second-order valence-electron chi connectivity index (χ2n) is 3.34. The van der Waals surface area contributed by atoms with Gasteiger partial charge in [-0.3, -0.25) is 0 Å². The number of halogens is 1. The summed E-state index contributed by atoms with van der Waals surface area (Å²) in [5.74, 6) is 1.23. The van der Waals surface area contributed by atoms with Gasteiger partial charge in [0.15, 0.2) is 0 Å². The summed E-state index contributed by atoms with van der Waals surface area (Å²) in [6, 6.07) is 5.85. The van der Waals surface area contributed by atoms with E-state index in [9.17, 15) is 5.11 Å². The highest BCUT2D eigenvalue weighted by molar-refractivity contribution is 14.1. The SMILES string of the molecule is Oc1cccc2c1CC(CI)C2. The van der Waals surface area contributed by atoms with Crippen molar-refractivity contribution in [3.63, 3.8) is 0 Å². The van der Waals surface area contributed by atoms with Gasteiger partial charge in [0.1, 0.15) is 5.75 Å². The van der Waals surface area contributed by atoms with Crippen LogP contribution in [0.15, 0.2) is 18.2 Å². The summed E-state index contributed by atoms with van der Waals surface area (Å²) < 4.78 is 1.19. The minimum atomic E-state index is 0.486. The van der Waals surface area contributed by atoms with E-state index < -0.39 is 0 Å². The molecule has 1 nitrogen and oxygen atoms in total. The second-order valence-corrected chi connectivity index (χ2v) is 4.22. The minimum absolute atomic E-state index is 0.486. The van der Waals surface area contributed by atoms with Crippen molar-refractivity contribution < 1.29 is 5.11 Å². The van der Waals surface area contributed by atoms with Gasteiger partial charge in [0.25, 0.3) is 0 Å². The lowest BCUT2D eigenvalue weighted by Crippen LogP contribution is -1.99. The molecule has 1 atom stereocenters. The van der Waals surface area contributed by atoms with Crippen LogP contribution in [-0.2, 0) is 12.8 Å². The fourth-order valence-electron chi connectivity index (χ4n) is 1.83. The first-order valence-electron chi connectivity index (χ1n) is 4.17. The summed E-state index contributed by atoms with van der Waals surface area (Å²) in [6.07, 6.45) is 2.21. The predicted molar refractivity (Wildman–Crippen MR) is 57.9 cm³/mol. The third-order valence-corrected chi connectivity index (χ3v) is 3.71. The predicted octanol–water partition coefficient (Wildman–Crippen LogP) is 2.54. The Bertz CT molecular complexity index is 296. The van der Waals surface area contributed by atoms with E-state index in [1.54, 1.807) is 6.07 Å². The van der Waals surface area contributed by atoms with Gasteiger partial charge in [-0.2, -0.15) is 0 Å². The van der Waals surface area contributed by atoms with E-state index in [-0.39, 0.29) is 0 Å². The van der Waals surface area contributed by atoms with E-state index in [0.29, 0.717) is 5.75 Å². The maximum absolute atomic E-state index is 9.54. The van der Waals surface area contributed by atoms with Crippen molar-refractivity contribution in [1.29, 1.82) is 0 Å². The number of benzene rings is 1. The molecule has 1 aliphatic rings. The van der Waals surface area contributed by atoms with Crippen LogP contribution >= 0.6 is 22.6 Å². The van der Waals surface area contributed by atoms with Crippen LogP contribution in [0.3, 0.4) is 0 Å². The van der Waals surface area contributed by atoms with Crippen LogP contribution in [-0.4, -0.2) is 9.53 Å². The number of hydrogen-bond donors (Lipinski definition) is 1. The van der Waals surface area contributed by atoms with Gasteiger partial charge >= 0.3 is 0 Å². The molecular formula is C10H11IO. The molecule has 0 spiro atoms. The van der Waals surface area contributed by atoms with Crippen molar-refractivity contribution in [3.05, 3.63) is 29.3 Å². The Hall–Kier alpha value is -0.250. The number of fused-ring (bicyclic) bond motifs is 1. The van der Waals surface area contributed by atoms with Gasteiger partial charge in [-0.25, -0.2) is 0 Å². The van der Waals surface area contributed by atoms with Gasteiger partial charge in [-0.15, -0.1) is 0 Å². The summed E-state index contributed by atoms with van der Waals surface area (Å²) in [7, 11) is 0. The molecule has 1 unspecified atom stereocenters. The molecule has 64 valence electrons.